The van der Waals surface area contributed by atoms with Gasteiger partial charge in [0.15, 0.2) is 10.8 Å². The molecular weight excluding hydrogens is 234 g/mol. The summed E-state index contributed by atoms with van der Waals surface area (Å²) < 4.78 is 0. The van der Waals surface area contributed by atoms with E-state index in [1.54, 1.807) is 11.3 Å². The first-order valence-electron chi connectivity index (χ1n) is 5.97. The Morgan fingerprint density at radius 1 is 1.59 bits per heavy atom. The van der Waals surface area contributed by atoms with Crippen LogP contribution >= 0.6 is 11.3 Å². The lowest BCUT2D eigenvalue weighted by Crippen LogP contribution is -2.23. The summed E-state index contributed by atoms with van der Waals surface area (Å²) in [6.45, 7) is 3.15. The van der Waals surface area contributed by atoms with Gasteiger partial charge in [0.05, 0.1) is 5.69 Å². The van der Waals surface area contributed by atoms with Gasteiger partial charge in [-0.15, -0.1) is 11.3 Å². The third kappa shape index (κ3) is 1.98. The first-order valence-corrected chi connectivity index (χ1v) is 6.79. The third-order valence-electron chi connectivity index (χ3n) is 3.02. The van der Waals surface area contributed by atoms with Crippen molar-refractivity contribution in [2.75, 3.05) is 6.54 Å². The number of aromatic amines is 1. The van der Waals surface area contributed by atoms with Gasteiger partial charge in [0.1, 0.15) is 6.33 Å². The summed E-state index contributed by atoms with van der Waals surface area (Å²) in [6, 6.07) is 0.470. The number of aryl methyl sites for hydroxylation is 1. The molecule has 5 nitrogen and oxygen atoms in total. The Bertz CT molecular complexity index is 490. The molecule has 1 aliphatic rings. The molecule has 0 radical (unpaired) electrons. The van der Waals surface area contributed by atoms with Gasteiger partial charge in [-0.25, -0.2) is 9.97 Å². The van der Waals surface area contributed by atoms with Gasteiger partial charge in [-0.05, 0) is 25.8 Å². The number of hydrogen-bond donors (Lipinski definition) is 2. The Labute approximate surface area is 104 Å². The Balaban J connectivity index is 1.96. The van der Waals surface area contributed by atoms with E-state index in [4.69, 9.17) is 0 Å². The van der Waals surface area contributed by atoms with E-state index >= 15 is 0 Å². The van der Waals surface area contributed by atoms with E-state index in [9.17, 15) is 0 Å². The van der Waals surface area contributed by atoms with Crippen LogP contribution in [0.3, 0.4) is 0 Å². The fraction of sp³-hybridized carbons (Fsp3) is 0.545. The number of aromatic nitrogens is 4. The highest BCUT2D eigenvalue weighted by Crippen LogP contribution is 2.36. The molecule has 0 amide bonds. The quantitative estimate of drug-likeness (QED) is 0.872. The minimum absolute atomic E-state index is 0.470. The van der Waals surface area contributed by atoms with Gasteiger partial charge in [0.25, 0.3) is 0 Å². The zero-order valence-corrected chi connectivity index (χ0v) is 10.5. The first-order chi connectivity index (χ1) is 8.38. The molecule has 17 heavy (non-hydrogen) atoms. The molecule has 6 heteroatoms. The van der Waals surface area contributed by atoms with Crippen molar-refractivity contribution in [3.63, 3.8) is 0 Å². The van der Waals surface area contributed by atoms with Crippen LogP contribution in [0.1, 0.15) is 36.4 Å². The normalized spacial score (nSPS) is 19.2. The molecule has 0 saturated heterocycles. The molecule has 1 unspecified atom stereocenters. The predicted octanol–water partition coefficient (Wildman–Crippen LogP) is 1.92. The van der Waals surface area contributed by atoms with Crippen LogP contribution in [0, 0.1) is 0 Å². The Morgan fingerprint density at radius 2 is 2.53 bits per heavy atom. The highest BCUT2D eigenvalue weighted by molar-refractivity contribution is 7.15. The van der Waals surface area contributed by atoms with E-state index in [1.807, 2.05) is 0 Å². The summed E-state index contributed by atoms with van der Waals surface area (Å²) in [5, 5.41) is 11.2. The Morgan fingerprint density at radius 3 is 3.29 bits per heavy atom. The van der Waals surface area contributed by atoms with Crippen molar-refractivity contribution in [2.24, 2.45) is 0 Å². The number of H-pyrrole nitrogens is 1. The van der Waals surface area contributed by atoms with Crippen molar-refractivity contribution in [1.29, 1.82) is 0 Å². The molecule has 2 N–H and O–H groups in total. The van der Waals surface area contributed by atoms with Crippen molar-refractivity contribution in [2.45, 2.75) is 32.2 Å². The highest BCUT2D eigenvalue weighted by Gasteiger charge is 2.24. The molecule has 2 aromatic heterocycles. The predicted molar refractivity (Wildman–Crippen MR) is 66.8 cm³/mol. The number of hydrogen-bond acceptors (Lipinski definition) is 5. The van der Waals surface area contributed by atoms with Crippen LogP contribution in [0.2, 0.25) is 0 Å². The van der Waals surface area contributed by atoms with Gasteiger partial charge in [-0.3, -0.25) is 5.10 Å². The van der Waals surface area contributed by atoms with E-state index in [2.05, 4.69) is 32.4 Å². The van der Waals surface area contributed by atoms with Crippen molar-refractivity contribution < 1.29 is 0 Å². The van der Waals surface area contributed by atoms with Crippen LogP contribution in [0.4, 0.5) is 0 Å². The summed E-state index contributed by atoms with van der Waals surface area (Å²) in [5.74, 6) is 0.777. The SMILES string of the molecule is CCNC1CCCc2nc(-c3ncn[nH]3)sc21. The highest BCUT2D eigenvalue weighted by atomic mass is 32.1. The molecule has 3 rings (SSSR count). The Kier molecular flexibility index (Phi) is 2.90. The number of rotatable bonds is 3. The molecule has 0 spiro atoms. The zero-order chi connectivity index (χ0) is 11.7. The third-order valence-corrected chi connectivity index (χ3v) is 4.24. The molecule has 0 fully saturated rings. The second-order valence-electron chi connectivity index (χ2n) is 4.17. The maximum atomic E-state index is 4.67. The lowest BCUT2D eigenvalue weighted by molar-refractivity contribution is 0.476. The number of thiazole rings is 1. The lowest BCUT2D eigenvalue weighted by Gasteiger charge is -2.21. The summed E-state index contributed by atoms with van der Waals surface area (Å²) in [6.07, 6.45) is 5.03. The van der Waals surface area contributed by atoms with Crippen LogP contribution in [0.5, 0.6) is 0 Å². The van der Waals surface area contributed by atoms with E-state index in [0.717, 1.165) is 23.8 Å². The summed E-state index contributed by atoms with van der Waals surface area (Å²) in [4.78, 5) is 10.2. The smallest absolute Gasteiger partial charge is 0.184 e. The molecular formula is C11H15N5S. The van der Waals surface area contributed by atoms with Gasteiger partial charge in [0.2, 0.25) is 0 Å². The lowest BCUT2D eigenvalue weighted by atomic mass is 9.98. The molecule has 0 aromatic carbocycles. The molecule has 1 aliphatic carbocycles. The largest absolute Gasteiger partial charge is 0.309 e. The van der Waals surface area contributed by atoms with Crippen LogP contribution in [0.25, 0.3) is 10.8 Å². The number of nitrogens with zero attached hydrogens (tertiary/aromatic N) is 3. The van der Waals surface area contributed by atoms with Crippen LogP contribution in [0.15, 0.2) is 6.33 Å². The molecule has 2 aromatic rings. The minimum atomic E-state index is 0.470. The van der Waals surface area contributed by atoms with Gasteiger partial charge in [-0.2, -0.15) is 5.10 Å². The van der Waals surface area contributed by atoms with E-state index in [0.29, 0.717) is 6.04 Å². The van der Waals surface area contributed by atoms with E-state index in [1.165, 1.54) is 29.7 Å². The van der Waals surface area contributed by atoms with Gasteiger partial charge in [-0.1, -0.05) is 6.92 Å². The van der Waals surface area contributed by atoms with E-state index < -0.39 is 0 Å². The summed E-state index contributed by atoms with van der Waals surface area (Å²) in [7, 11) is 0. The topological polar surface area (TPSA) is 66.5 Å². The monoisotopic (exact) mass is 249 g/mol. The summed E-state index contributed by atoms with van der Waals surface area (Å²) >= 11 is 1.73. The van der Waals surface area contributed by atoms with Crippen molar-refractivity contribution in [3.05, 3.63) is 16.9 Å². The van der Waals surface area contributed by atoms with Crippen molar-refractivity contribution in [1.82, 2.24) is 25.5 Å². The summed E-state index contributed by atoms with van der Waals surface area (Å²) in [5.41, 5.74) is 1.23. The van der Waals surface area contributed by atoms with E-state index in [-0.39, 0.29) is 0 Å². The second-order valence-corrected chi connectivity index (χ2v) is 5.20. The van der Waals surface area contributed by atoms with Crippen molar-refractivity contribution >= 4 is 11.3 Å². The molecule has 0 aliphatic heterocycles. The van der Waals surface area contributed by atoms with Gasteiger partial charge < -0.3 is 5.32 Å². The van der Waals surface area contributed by atoms with Gasteiger partial charge in [0, 0.05) is 10.9 Å². The number of nitrogens with one attached hydrogen (secondary N) is 2. The number of fused-ring (bicyclic) bond motifs is 1. The van der Waals surface area contributed by atoms with Crippen LogP contribution < -0.4 is 5.32 Å². The molecule has 1 atom stereocenters. The minimum Gasteiger partial charge on any atom is -0.309 e. The van der Waals surface area contributed by atoms with Crippen LogP contribution in [-0.2, 0) is 6.42 Å². The molecule has 90 valence electrons. The molecule has 0 saturated carbocycles. The average Bonchev–Trinajstić information content (AvgIpc) is 2.98. The second kappa shape index (κ2) is 4.54. The maximum Gasteiger partial charge on any atom is 0.184 e. The zero-order valence-electron chi connectivity index (χ0n) is 9.73. The standard InChI is InChI=1S/C11H15N5S/c1-2-12-7-4-3-5-8-9(7)17-11(15-8)10-13-6-14-16-10/h6-7,12H,2-5H2,1H3,(H,13,14,16). The van der Waals surface area contributed by atoms with Gasteiger partial charge >= 0.3 is 0 Å². The first kappa shape index (κ1) is 10.9. The van der Waals surface area contributed by atoms with Crippen molar-refractivity contribution in [3.8, 4) is 10.8 Å². The fourth-order valence-corrected chi connectivity index (χ4v) is 3.44. The molecule has 0 bridgehead atoms. The average molecular weight is 249 g/mol. The Hall–Kier alpha value is -1.27. The maximum absolute atomic E-state index is 4.67. The molecule has 2 heterocycles. The van der Waals surface area contributed by atoms with Crippen LogP contribution in [-0.4, -0.2) is 26.7 Å². The fourth-order valence-electron chi connectivity index (χ4n) is 2.27.